The first kappa shape index (κ1) is 18.1. The van der Waals surface area contributed by atoms with Crippen LogP contribution in [0.5, 0.6) is 0 Å². The van der Waals surface area contributed by atoms with Crippen LogP contribution in [0.15, 0.2) is 83.5 Å². The van der Waals surface area contributed by atoms with Crippen LogP contribution in [0.3, 0.4) is 0 Å². The molecule has 0 atom stereocenters. The number of carbonyl (C=O) groups excluding carboxylic acids is 1. The second kappa shape index (κ2) is 7.78. The monoisotopic (exact) mass is 432 g/mol. The van der Waals surface area contributed by atoms with Gasteiger partial charge in [0.1, 0.15) is 11.5 Å². The average molecular weight is 433 g/mol. The van der Waals surface area contributed by atoms with Crippen molar-refractivity contribution in [3.63, 3.8) is 0 Å². The van der Waals surface area contributed by atoms with E-state index in [9.17, 15) is 4.79 Å². The number of nitrogens with zero attached hydrogens (tertiary/aromatic N) is 3. The number of amides is 1. The molecule has 28 heavy (non-hydrogen) atoms. The van der Waals surface area contributed by atoms with Crippen molar-refractivity contribution in [2.24, 2.45) is 0 Å². The Labute approximate surface area is 171 Å². The van der Waals surface area contributed by atoms with E-state index in [0.717, 1.165) is 21.4 Å². The van der Waals surface area contributed by atoms with E-state index in [4.69, 9.17) is 5.10 Å². The van der Waals surface area contributed by atoms with Crippen molar-refractivity contribution >= 4 is 27.7 Å². The molecule has 0 unspecified atom stereocenters. The highest BCUT2D eigenvalue weighted by Gasteiger charge is 2.23. The van der Waals surface area contributed by atoms with Crippen LogP contribution in [0.1, 0.15) is 16.1 Å². The minimum Gasteiger partial charge on any atom is -0.306 e. The number of para-hydroxylation sites is 1. The van der Waals surface area contributed by atoms with Crippen LogP contribution in [0.25, 0.3) is 16.9 Å². The van der Waals surface area contributed by atoms with Crippen molar-refractivity contribution in [1.82, 2.24) is 14.8 Å². The highest BCUT2D eigenvalue weighted by atomic mass is 79.9. The predicted molar refractivity (Wildman–Crippen MR) is 114 cm³/mol. The van der Waals surface area contributed by atoms with Crippen LogP contribution >= 0.6 is 15.9 Å². The molecular weight excluding hydrogens is 416 g/mol. The molecule has 0 fully saturated rings. The first-order valence-corrected chi connectivity index (χ1v) is 9.56. The quantitative estimate of drug-likeness (QED) is 0.478. The molecule has 0 aliphatic rings. The molecular formula is C22H17BrN4O. The number of anilines is 1. The highest BCUT2D eigenvalue weighted by molar-refractivity contribution is 9.10. The standard InChI is InChI=1S/C22H17BrN4O/c1-15-20(22(28)25-19-13-12-17(23)14-24-19)21(16-8-4-2-5-9-16)26-27(15)18-10-6-3-7-11-18/h2-14H,1H3,(H,24,25,28). The SMILES string of the molecule is Cc1c(C(=O)Nc2ccc(Br)cn2)c(-c2ccccc2)nn1-c1ccccc1. The second-order valence-electron chi connectivity index (χ2n) is 6.24. The zero-order chi connectivity index (χ0) is 19.5. The van der Waals surface area contributed by atoms with Gasteiger partial charge in [0, 0.05) is 16.2 Å². The number of benzene rings is 2. The maximum absolute atomic E-state index is 13.1. The molecule has 0 radical (unpaired) electrons. The molecule has 2 aromatic heterocycles. The second-order valence-corrected chi connectivity index (χ2v) is 7.15. The van der Waals surface area contributed by atoms with Crippen LogP contribution in [0.2, 0.25) is 0 Å². The summed E-state index contributed by atoms with van der Waals surface area (Å²) in [7, 11) is 0. The first-order valence-electron chi connectivity index (χ1n) is 8.77. The topological polar surface area (TPSA) is 59.8 Å². The lowest BCUT2D eigenvalue weighted by Crippen LogP contribution is -2.15. The lowest BCUT2D eigenvalue weighted by Gasteiger charge is -2.07. The van der Waals surface area contributed by atoms with E-state index >= 15 is 0 Å². The highest BCUT2D eigenvalue weighted by Crippen LogP contribution is 2.28. The third kappa shape index (κ3) is 3.59. The Bertz CT molecular complexity index is 1110. The fraction of sp³-hybridized carbons (Fsp3) is 0.0455. The van der Waals surface area contributed by atoms with Crippen LogP contribution < -0.4 is 5.32 Å². The Morgan fingerprint density at radius 1 is 0.964 bits per heavy atom. The lowest BCUT2D eigenvalue weighted by atomic mass is 10.1. The molecule has 0 aliphatic heterocycles. The maximum Gasteiger partial charge on any atom is 0.260 e. The Kier molecular flexibility index (Phi) is 5.04. The molecule has 0 aliphatic carbocycles. The average Bonchev–Trinajstić information content (AvgIpc) is 3.08. The molecule has 6 heteroatoms. The van der Waals surface area contributed by atoms with Crippen LogP contribution in [0, 0.1) is 6.92 Å². The van der Waals surface area contributed by atoms with Gasteiger partial charge >= 0.3 is 0 Å². The molecule has 0 bridgehead atoms. The van der Waals surface area contributed by atoms with E-state index in [0.29, 0.717) is 17.1 Å². The van der Waals surface area contributed by atoms with E-state index < -0.39 is 0 Å². The summed E-state index contributed by atoms with van der Waals surface area (Å²) in [5, 5.41) is 7.63. The van der Waals surface area contributed by atoms with Gasteiger partial charge in [0.25, 0.3) is 5.91 Å². The van der Waals surface area contributed by atoms with E-state index in [1.807, 2.05) is 73.7 Å². The summed E-state index contributed by atoms with van der Waals surface area (Å²) in [5.74, 6) is 0.243. The van der Waals surface area contributed by atoms with Gasteiger partial charge in [-0.25, -0.2) is 9.67 Å². The van der Waals surface area contributed by atoms with Gasteiger partial charge in [-0.05, 0) is 47.1 Å². The Balaban J connectivity index is 1.81. The van der Waals surface area contributed by atoms with Gasteiger partial charge in [-0.15, -0.1) is 0 Å². The van der Waals surface area contributed by atoms with Crippen molar-refractivity contribution in [3.8, 4) is 16.9 Å². The lowest BCUT2D eigenvalue weighted by molar-refractivity contribution is 0.102. The van der Waals surface area contributed by atoms with E-state index in [1.165, 1.54) is 0 Å². The maximum atomic E-state index is 13.1. The minimum absolute atomic E-state index is 0.242. The van der Waals surface area contributed by atoms with Crippen LogP contribution in [0.4, 0.5) is 5.82 Å². The van der Waals surface area contributed by atoms with E-state index in [2.05, 4.69) is 26.2 Å². The predicted octanol–water partition coefficient (Wildman–Crippen LogP) is 5.26. The van der Waals surface area contributed by atoms with Gasteiger partial charge in [0.2, 0.25) is 0 Å². The Morgan fingerprint density at radius 3 is 2.29 bits per heavy atom. The molecule has 0 saturated heterocycles. The molecule has 1 N–H and O–H groups in total. The summed E-state index contributed by atoms with van der Waals surface area (Å²) in [6.45, 7) is 1.90. The van der Waals surface area contributed by atoms with Crippen molar-refractivity contribution in [3.05, 3.63) is 94.7 Å². The van der Waals surface area contributed by atoms with Gasteiger partial charge in [-0.1, -0.05) is 48.5 Å². The summed E-state index contributed by atoms with van der Waals surface area (Å²) in [5.41, 5.74) is 3.71. The van der Waals surface area contributed by atoms with E-state index in [-0.39, 0.29) is 5.91 Å². The number of rotatable bonds is 4. The van der Waals surface area contributed by atoms with Crippen LogP contribution in [-0.2, 0) is 0 Å². The summed E-state index contributed by atoms with van der Waals surface area (Å²) in [6.07, 6.45) is 1.65. The number of pyridine rings is 1. The van der Waals surface area contributed by atoms with Gasteiger partial charge < -0.3 is 5.32 Å². The fourth-order valence-corrected chi connectivity index (χ4v) is 3.26. The molecule has 2 heterocycles. The Morgan fingerprint density at radius 2 is 1.64 bits per heavy atom. The number of aromatic nitrogens is 3. The van der Waals surface area contributed by atoms with Crippen molar-refractivity contribution in [2.45, 2.75) is 6.92 Å². The molecule has 138 valence electrons. The third-order valence-electron chi connectivity index (χ3n) is 4.36. The smallest absolute Gasteiger partial charge is 0.260 e. The van der Waals surface area contributed by atoms with Crippen molar-refractivity contribution < 1.29 is 4.79 Å². The number of hydrogen-bond acceptors (Lipinski definition) is 3. The third-order valence-corrected chi connectivity index (χ3v) is 4.83. The van der Waals surface area contributed by atoms with Gasteiger partial charge in [-0.3, -0.25) is 4.79 Å². The summed E-state index contributed by atoms with van der Waals surface area (Å²) in [4.78, 5) is 17.4. The zero-order valence-corrected chi connectivity index (χ0v) is 16.7. The molecule has 4 rings (SSSR count). The van der Waals surface area contributed by atoms with Gasteiger partial charge in [-0.2, -0.15) is 5.10 Å². The number of hydrogen-bond donors (Lipinski definition) is 1. The molecule has 2 aromatic carbocycles. The van der Waals surface area contributed by atoms with Gasteiger partial charge in [0.05, 0.1) is 16.9 Å². The molecule has 5 nitrogen and oxygen atoms in total. The molecule has 0 spiro atoms. The molecule has 4 aromatic rings. The van der Waals surface area contributed by atoms with Crippen molar-refractivity contribution in [2.75, 3.05) is 5.32 Å². The number of halogens is 1. The largest absolute Gasteiger partial charge is 0.306 e. The fourth-order valence-electron chi connectivity index (χ4n) is 3.02. The molecule has 0 saturated carbocycles. The minimum atomic E-state index is -0.242. The molecule has 1 amide bonds. The summed E-state index contributed by atoms with van der Waals surface area (Å²) >= 11 is 3.35. The Hall–Kier alpha value is -3.25. The van der Waals surface area contributed by atoms with E-state index in [1.54, 1.807) is 16.9 Å². The van der Waals surface area contributed by atoms with Crippen molar-refractivity contribution in [1.29, 1.82) is 0 Å². The zero-order valence-electron chi connectivity index (χ0n) is 15.1. The number of carbonyl (C=O) groups is 1. The number of nitrogens with one attached hydrogen (secondary N) is 1. The summed E-state index contributed by atoms with van der Waals surface area (Å²) in [6, 6.07) is 23.1. The summed E-state index contributed by atoms with van der Waals surface area (Å²) < 4.78 is 2.65. The van der Waals surface area contributed by atoms with Crippen LogP contribution in [-0.4, -0.2) is 20.7 Å². The van der Waals surface area contributed by atoms with Gasteiger partial charge in [0.15, 0.2) is 0 Å². The first-order chi connectivity index (χ1) is 13.6. The normalized spacial score (nSPS) is 10.6.